The third-order valence-corrected chi connectivity index (χ3v) is 4.11. The number of hydrogen-bond acceptors (Lipinski definition) is 3. The fourth-order valence-corrected chi connectivity index (χ4v) is 2.72. The van der Waals surface area contributed by atoms with Crippen molar-refractivity contribution in [3.63, 3.8) is 0 Å². The largest absolute Gasteiger partial charge is 0.701 e. The number of nitrogens with one attached hydrogen (secondary N) is 1. The Kier molecular flexibility index (Phi) is 10.2. The van der Waals surface area contributed by atoms with E-state index < -0.39 is 6.04 Å². The molecule has 1 unspecified atom stereocenters. The van der Waals surface area contributed by atoms with Crippen LogP contribution < -0.4 is 10.6 Å². The Bertz CT molecular complexity index is 641. The summed E-state index contributed by atoms with van der Waals surface area (Å²) in [4.78, 5) is 22.7. The van der Waals surface area contributed by atoms with Crippen molar-refractivity contribution in [1.29, 1.82) is 0 Å². The highest BCUT2D eigenvalue weighted by molar-refractivity contribution is 5.82. The van der Waals surface area contributed by atoms with Crippen LogP contribution in [-0.4, -0.2) is 27.9 Å². The van der Waals surface area contributed by atoms with E-state index in [-0.39, 0.29) is 24.5 Å². The number of aryl methyl sites for hydroxylation is 1. The summed E-state index contributed by atoms with van der Waals surface area (Å²) < 4.78 is 5.41. The second-order valence-electron chi connectivity index (χ2n) is 7.27. The average molecular weight is 379 g/mol. The smallest absolute Gasteiger partial charge is 0.514 e. The summed E-state index contributed by atoms with van der Waals surface area (Å²) in [7, 11) is 0. The van der Waals surface area contributed by atoms with Gasteiger partial charge in [0.2, 0.25) is 6.61 Å². The van der Waals surface area contributed by atoms with E-state index in [4.69, 9.17) is 4.74 Å². The molecule has 150 valence electrons. The lowest BCUT2D eigenvalue weighted by atomic mass is 10.0. The number of unbranched alkanes of at least 4 members (excludes halogenated alkanes) is 1. The number of nitrogens with two attached hydrogens (primary N) is 1. The fourth-order valence-electron chi connectivity index (χ4n) is 2.72. The standard InChI is InChI=1S/C21H32N2O4/c1-5-6-10-18(13-24)22-20(25)19(11-15(2)3)23-21(26)27-14-17-9-7-8-16(4)12-17/h7-9,12-13,15,19,24H,5-6,10-11,14H2,1-4H3,(H,22,25)(H,23,26)/p+2. The molecule has 0 spiro atoms. The molecule has 0 heterocycles. The molecule has 1 rings (SSSR count). The van der Waals surface area contributed by atoms with Crippen LogP contribution in [0.3, 0.4) is 0 Å². The molecule has 0 radical (unpaired) electrons. The number of amides is 2. The highest BCUT2D eigenvalue weighted by Crippen LogP contribution is 2.07. The van der Waals surface area contributed by atoms with Crippen molar-refractivity contribution in [3.05, 3.63) is 47.4 Å². The number of carbonyl (C=O) groups is 1. The first-order valence-electron chi connectivity index (χ1n) is 9.58. The lowest BCUT2D eigenvalue weighted by Crippen LogP contribution is -2.96. The maximum Gasteiger partial charge on any atom is 0.701 e. The maximum atomic E-state index is 12.6. The van der Waals surface area contributed by atoms with Gasteiger partial charge in [-0.15, -0.1) is 0 Å². The summed E-state index contributed by atoms with van der Waals surface area (Å²) in [6.45, 7) is 8.30. The number of hydrogen-bond donors (Lipinski definition) is 3. The second-order valence-corrected chi connectivity index (χ2v) is 7.27. The average Bonchev–Trinajstić information content (AvgIpc) is 2.62. The molecule has 0 aliphatic heterocycles. The van der Waals surface area contributed by atoms with Crippen LogP contribution in [0.2, 0.25) is 0 Å². The molecule has 0 aliphatic carbocycles. The number of rotatable bonds is 10. The molecule has 1 atom stereocenters. The number of aliphatic hydroxyl groups is 1. The van der Waals surface area contributed by atoms with Crippen LogP contribution in [0, 0.1) is 12.8 Å². The summed E-state index contributed by atoms with van der Waals surface area (Å²) >= 11 is 0. The minimum absolute atomic E-state index is 0.234. The van der Waals surface area contributed by atoms with E-state index in [1.54, 1.807) is 0 Å². The van der Waals surface area contributed by atoms with Crippen LogP contribution in [0.1, 0.15) is 57.6 Å². The summed E-state index contributed by atoms with van der Waals surface area (Å²) in [5.74, 6) is 0.00424. The van der Waals surface area contributed by atoms with E-state index in [2.05, 4.69) is 5.32 Å². The Morgan fingerprint density at radius 1 is 1.41 bits per heavy atom. The lowest BCUT2D eigenvalue weighted by Gasteiger charge is -2.15. The van der Waals surface area contributed by atoms with Gasteiger partial charge in [0, 0.05) is 12.0 Å². The summed E-state index contributed by atoms with van der Waals surface area (Å²) in [5, 5.41) is 13.5. The Labute approximate surface area is 162 Å². The summed E-state index contributed by atoms with van der Waals surface area (Å²) in [6.07, 6.45) is 3.69. The van der Waals surface area contributed by atoms with Gasteiger partial charge < -0.3 is 10.4 Å². The van der Waals surface area contributed by atoms with Gasteiger partial charge in [-0.05, 0) is 31.7 Å². The molecule has 2 amide bonds. The van der Waals surface area contributed by atoms with E-state index in [1.807, 2.05) is 52.0 Å². The van der Waals surface area contributed by atoms with Gasteiger partial charge in [-0.25, -0.2) is 0 Å². The highest BCUT2D eigenvalue weighted by atomic mass is 16.5. The van der Waals surface area contributed by atoms with Crippen LogP contribution >= 0.6 is 0 Å². The van der Waals surface area contributed by atoms with Gasteiger partial charge in [-0.1, -0.05) is 51.0 Å². The van der Waals surface area contributed by atoms with Gasteiger partial charge in [-0.3, -0.25) is 14.3 Å². The van der Waals surface area contributed by atoms with Gasteiger partial charge in [0.15, 0.2) is 6.04 Å². The van der Waals surface area contributed by atoms with Crippen molar-refractivity contribution in [3.8, 4) is 0 Å². The minimum atomic E-state index is -0.543. The van der Waals surface area contributed by atoms with E-state index in [1.165, 1.54) is 5.32 Å². The number of benzene rings is 1. The summed E-state index contributed by atoms with van der Waals surface area (Å²) in [5.41, 5.74) is 2.56. The van der Waals surface area contributed by atoms with E-state index in [9.17, 15) is 14.7 Å². The molecule has 0 aliphatic rings. The van der Waals surface area contributed by atoms with Crippen molar-refractivity contribution in [2.45, 2.75) is 66.0 Å². The zero-order valence-electron chi connectivity index (χ0n) is 16.9. The zero-order valence-corrected chi connectivity index (χ0v) is 16.9. The minimum Gasteiger partial charge on any atom is -0.514 e. The van der Waals surface area contributed by atoms with Gasteiger partial charge in [-0.2, -0.15) is 5.32 Å². The molecule has 0 aromatic heterocycles. The van der Waals surface area contributed by atoms with E-state index >= 15 is 0 Å². The number of primary amides is 1. The van der Waals surface area contributed by atoms with Crippen molar-refractivity contribution in [2.24, 2.45) is 5.92 Å². The molecular weight excluding hydrogens is 344 g/mol. The van der Waals surface area contributed by atoms with Crippen LogP contribution in [0.5, 0.6) is 0 Å². The van der Waals surface area contributed by atoms with Crippen LogP contribution in [0.25, 0.3) is 0 Å². The summed E-state index contributed by atoms with van der Waals surface area (Å²) in [6, 6.07) is 7.29. The number of quaternary nitrogens is 1. The molecular formula is C21H34N2O4+2. The maximum absolute atomic E-state index is 12.6. The first-order chi connectivity index (χ1) is 12.8. The molecule has 6 heteroatoms. The van der Waals surface area contributed by atoms with Crippen molar-refractivity contribution in [2.75, 3.05) is 0 Å². The molecule has 1 aromatic rings. The van der Waals surface area contributed by atoms with Gasteiger partial charge in [0.05, 0.1) is 12.0 Å². The first-order valence-corrected chi connectivity index (χ1v) is 9.58. The normalized spacial score (nSPS) is 12.7. The molecule has 0 saturated heterocycles. The van der Waals surface area contributed by atoms with Crippen molar-refractivity contribution < 1.29 is 24.7 Å². The number of carbonyl (C=O) groups excluding carboxylic acids is 2. The SMILES string of the molecule is CCCCC(=CO)NC(=O)C(CC(C)C)[NH2+]C(=[OH+])OCc1cccc(C)c1. The topological polar surface area (TPSA) is 96.6 Å². The van der Waals surface area contributed by atoms with Gasteiger partial charge in [0.1, 0.15) is 0 Å². The zero-order chi connectivity index (χ0) is 20.2. The van der Waals surface area contributed by atoms with E-state index in [0.29, 0.717) is 18.5 Å². The molecule has 6 nitrogen and oxygen atoms in total. The van der Waals surface area contributed by atoms with Gasteiger partial charge in [0.25, 0.3) is 5.91 Å². The number of allylic oxidation sites excluding steroid dienone is 1. The fraction of sp³-hybridized carbons (Fsp3) is 0.524. The van der Waals surface area contributed by atoms with E-state index in [0.717, 1.165) is 30.2 Å². The lowest BCUT2D eigenvalue weighted by molar-refractivity contribution is -0.590. The predicted octanol–water partition coefficient (Wildman–Crippen LogP) is 2.66. The van der Waals surface area contributed by atoms with Crippen LogP contribution in [0.4, 0.5) is 0 Å². The second kappa shape index (κ2) is 12.1. The predicted molar refractivity (Wildman–Crippen MR) is 106 cm³/mol. The van der Waals surface area contributed by atoms with Crippen molar-refractivity contribution >= 4 is 12.0 Å². The number of ether oxygens (including phenoxy) is 1. The molecule has 1 aromatic carbocycles. The van der Waals surface area contributed by atoms with Crippen LogP contribution in [-0.2, 0) is 16.1 Å². The van der Waals surface area contributed by atoms with Crippen molar-refractivity contribution in [1.82, 2.24) is 5.32 Å². The molecule has 5 N–H and O–H groups in total. The quantitative estimate of drug-likeness (QED) is 0.431. The molecule has 0 fully saturated rings. The highest BCUT2D eigenvalue weighted by Gasteiger charge is 2.31. The third-order valence-electron chi connectivity index (χ3n) is 4.11. The monoisotopic (exact) mass is 378 g/mol. The van der Waals surface area contributed by atoms with Crippen LogP contribution in [0.15, 0.2) is 36.2 Å². The van der Waals surface area contributed by atoms with Gasteiger partial charge >= 0.3 is 6.09 Å². The molecule has 0 bridgehead atoms. The third kappa shape index (κ3) is 9.24. The Balaban J connectivity index is 2.64. The Morgan fingerprint density at radius 2 is 2.15 bits per heavy atom. The Hall–Kier alpha value is -2.34. The Morgan fingerprint density at radius 3 is 2.74 bits per heavy atom. The molecule has 27 heavy (non-hydrogen) atoms. The number of aliphatic hydroxyl groups excluding tert-OH is 1. The first kappa shape index (κ1) is 22.7. The molecule has 0 saturated carbocycles.